The average Bonchev–Trinajstić information content (AvgIpc) is 2.28. The van der Waals surface area contributed by atoms with Crippen LogP contribution in [0.5, 0.6) is 0 Å². The van der Waals surface area contributed by atoms with Gasteiger partial charge in [-0.05, 0) is 24.1 Å². The Hall–Kier alpha value is -0.950. The van der Waals surface area contributed by atoms with E-state index in [0.717, 1.165) is 11.1 Å². The van der Waals surface area contributed by atoms with Gasteiger partial charge in [0.2, 0.25) is 10.0 Å². The van der Waals surface area contributed by atoms with Gasteiger partial charge in [0, 0.05) is 13.7 Å². The Labute approximate surface area is 108 Å². The summed E-state index contributed by atoms with van der Waals surface area (Å²) in [6.07, 6.45) is 0.524. The lowest BCUT2D eigenvalue weighted by Gasteiger charge is -2.06. The van der Waals surface area contributed by atoms with E-state index in [1.807, 2.05) is 18.2 Å². The number of nitrogens with one attached hydrogen (secondary N) is 1. The highest BCUT2D eigenvalue weighted by Gasteiger charge is 2.01. The van der Waals surface area contributed by atoms with Crippen LogP contribution < -0.4 is 10.5 Å². The third kappa shape index (κ3) is 6.70. The Bertz CT molecular complexity index is 460. The molecule has 1 aromatic rings. The van der Waals surface area contributed by atoms with Gasteiger partial charge < -0.3 is 10.1 Å². The molecule has 1 rings (SSSR count). The fourth-order valence-electron chi connectivity index (χ4n) is 1.63. The van der Waals surface area contributed by atoms with Crippen LogP contribution in [0.1, 0.15) is 17.5 Å². The summed E-state index contributed by atoms with van der Waals surface area (Å²) in [6, 6.07) is 8.08. The Morgan fingerprint density at radius 3 is 2.72 bits per heavy atom. The molecule has 0 aromatic heterocycles. The molecule has 0 aliphatic carbocycles. The lowest BCUT2D eigenvalue weighted by Crippen LogP contribution is -2.22. The number of sulfonamides is 1. The molecule has 1 aromatic carbocycles. The SMILES string of the molecule is COCc1cccc(CNCCCS(N)(=O)=O)c1. The number of nitrogens with two attached hydrogens (primary N) is 1. The summed E-state index contributed by atoms with van der Waals surface area (Å²) in [5.74, 6) is 0.0176. The molecule has 0 radical (unpaired) electrons. The van der Waals surface area contributed by atoms with E-state index in [1.54, 1.807) is 7.11 Å². The van der Waals surface area contributed by atoms with Gasteiger partial charge in [0.15, 0.2) is 0 Å². The van der Waals surface area contributed by atoms with Crippen molar-refractivity contribution in [1.82, 2.24) is 5.32 Å². The molecule has 6 heteroatoms. The standard InChI is InChI=1S/C12H20N2O3S/c1-17-10-12-5-2-4-11(8-12)9-14-6-3-7-18(13,15)16/h2,4-5,8,14H,3,6-7,9-10H2,1H3,(H2,13,15,16). The molecule has 0 fully saturated rings. The van der Waals surface area contributed by atoms with E-state index in [4.69, 9.17) is 9.88 Å². The van der Waals surface area contributed by atoms with Crippen LogP contribution >= 0.6 is 0 Å². The summed E-state index contributed by atoms with van der Waals surface area (Å²) in [5, 5.41) is 8.10. The fraction of sp³-hybridized carbons (Fsp3) is 0.500. The lowest BCUT2D eigenvalue weighted by molar-refractivity contribution is 0.185. The van der Waals surface area contributed by atoms with Crippen molar-refractivity contribution in [2.75, 3.05) is 19.4 Å². The van der Waals surface area contributed by atoms with Gasteiger partial charge in [-0.1, -0.05) is 24.3 Å². The second-order valence-electron chi connectivity index (χ2n) is 4.15. The molecule has 0 amide bonds. The number of methoxy groups -OCH3 is 1. The van der Waals surface area contributed by atoms with E-state index in [-0.39, 0.29) is 5.75 Å². The highest BCUT2D eigenvalue weighted by atomic mass is 32.2. The zero-order valence-corrected chi connectivity index (χ0v) is 11.4. The van der Waals surface area contributed by atoms with Gasteiger partial charge in [-0.3, -0.25) is 0 Å². The first-order valence-electron chi connectivity index (χ1n) is 5.79. The van der Waals surface area contributed by atoms with Crippen LogP contribution in [0.15, 0.2) is 24.3 Å². The van der Waals surface area contributed by atoms with E-state index < -0.39 is 10.0 Å². The fourth-order valence-corrected chi connectivity index (χ4v) is 2.17. The molecule has 0 saturated heterocycles. The maximum Gasteiger partial charge on any atom is 0.209 e. The normalized spacial score (nSPS) is 11.7. The molecule has 5 nitrogen and oxygen atoms in total. The van der Waals surface area contributed by atoms with Crippen molar-refractivity contribution in [3.63, 3.8) is 0 Å². The maximum absolute atomic E-state index is 10.7. The van der Waals surface area contributed by atoms with Crippen LogP contribution in [0, 0.1) is 0 Å². The summed E-state index contributed by atoms with van der Waals surface area (Å²) >= 11 is 0. The van der Waals surface area contributed by atoms with E-state index in [1.165, 1.54) is 0 Å². The second kappa shape index (κ2) is 7.48. The predicted molar refractivity (Wildman–Crippen MR) is 71.5 cm³/mol. The molecule has 18 heavy (non-hydrogen) atoms. The number of primary sulfonamides is 1. The van der Waals surface area contributed by atoms with Crippen LogP contribution in [0.4, 0.5) is 0 Å². The minimum absolute atomic E-state index is 0.0176. The molecule has 0 unspecified atom stereocenters. The number of benzene rings is 1. The molecule has 0 saturated carbocycles. The highest BCUT2D eigenvalue weighted by molar-refractivity contribution is 7.89. The largest absolute Gasteiger partial charge is 0.380 e. The van der Waals surface area contributed by atoms with Gasteiger partial charge in [-0.15, -0.1) is 0 Å². The van der Waals surface area contributed by atoms with Crippen molar-refractivity contribution < 1.29 is 13.2 Å². The Morgan fingerprint density at radius 1 is 1.33 bits per heavy atom. The second-order valence-corrected chi connectivity index (χ2v) is 5.88. The number of ether oxygens (including phenoxy) is 1. The molecule has 0 aliphatic heterocycles. The first-order valence-corrected chi connectivity index (χ1v) is 7.51. The molecule has 0 spiro atoms. The third-order valence-electron chi connectivity index (χ3n) is 2.41. The summed E-state index contributed by atoms with van der Waals surface area (Å²) in [5.41, 5.74) is 2.28. The van der Waals surface area contributed by atoms with Crippen LogP contribution in [0.3, 0.4) is 0 Å². The van der Waals surface area contributed by atoms with Gasteiger partial charge in [0.05, 0.1) is 12.4 Å². The molecule has 3 N–H and O–H groups in total. The quantitative estimate of drug-likeness (QED) is 0.679. The molecule has 0 aliphatic rings. The summed E-state index contributed by atoms with van der Waals surface area (Å²) in [4.78, 5) is 0. The first kappa shape index (κ1) is 15.1. The first-order chi connectivity index (χ1) is 8.51. The molecule has 102 valence electrons. The van der Waals surface area contributed by atoms with Crippen LogP contribution in [0.25, 0.3) is 0 Å². The van der Waals surface area contributed by atoms with Gasteiger partial charge in [-0.2, -0.15) is 0 Å². The zero-order chi connectivity index (χ0) is 13.4. The molecule has 0 heterocycles. The summed E-state index contributed by atoms with van der Waals surface area (Å²) in [7, 11) is -1.67. The van der Waals surface area contributed by atoms with Gasteiger partial charge in [0.25, 0.3) is 0 Å². The van der Waals surface area contributed by atoms with Crippen molar-refractivity contribution in [2.45, 2.75) is 19.6 Å². The van der Waals surface area contributed by atoms with Crippen LogP contribution in [-0.4, -0.2) is 27.8 Å². The monoisotopic (exact) mass is 272 g/mol. The molecular weight excluding hydrogens is 252 g/mol. The van der Waals surface area contributed by atoms with Crippen molar-refractivity contribution in [3.8, 4) is 0 Å². The van der Waals surface area contributed by atoms with Gasteiger partial charge >= 0.3 is 0 Å². The smallest absolute Gasteiger partial charge is 0.209 e. The maximum atomic E-state index is 10.7. The van der Waals surface area contributed by atoms with Crippen molar-refractivity contribution in [3.05, 3.63) is 35.4 Å². The van der Waals surface area contributed by atoms with Crippen molar-refractivity contribution in [2.24, 2.45) is 5.14 Å². The Kier molecular flexibility index (Phi) is 6.28. The van der Waals surface area contributed by atoms with E-state index in [0.29, 0.717) is 26.1 Å². The minimum atomic E-state index is -3.34. The zero-order valence-electron chi connectivity index (χ0n) is 10.6. The Balaban J connectivity index is 2.28. The average molecular weight is 272 g/mol. The van der Waals surface area contributed by atoms with E-state index in [2.05, 4.69) is 11.4 Å². The summed E-state index contributed by atoms with van der Waals surface area (Å²) in [6.45, 7) is 1.94. The minimum Gasteiger partial charge on any atom is -0.380 e. The van der Waals surface area contributed by atoms with Crippen LogP contribution in [-0.2, 0) is 27.9 Å². The van der Waals surface area contributed by atoms with E-state index in [9.17, 15) is 8.42 Å². The topological polar surface area (TPSA) is 81.4 Å². The summed E-state index contributed by atoms with van der Waals surface area (Å²) < 4.78 is 26.5. The van der Waals surface area contributed by atoms with Crippen molar-refractivity contribution in [1.29, 1.82) is 0 Å². The van der Waals surface area contributed by atoms with Gasteiger partial charge in [-0.25, -0.2) is 13.6 Å². The number of rotatable bonds is 8. The predicted octanol–water partition coefficient (Wildman–Crippen LogP) is 0.601. The number of hydrogen-bond donors (Lipinski definition) is 2. The Morgan fingerprint density at radius 2 is 2.06 bits per heavy atom. The number of hydrogen-bond acceptors (Lipinski definition) is 4. The lowest BCUT2D eigenvalue weighted by atomic mass is 10.1. The molecule has 0 atom stereocenters. The van der Waals surface area contributed by atoms with Crippen molar-refractivity contribution >= 4 is 10.0 Å². The van der Waals surface area contributed by atoms with Crippen LogP contribution in [0.2, 0.25) is 0 Å². The van der Waals surface area contributed by atoms with E-state index >= 15 is 0 Å². The molecular formula is C12H20N2O3S. The highest BCUT2D eigenvalue weighted by Crippen LogP contribution is 2.06. The third-order valence-corrected chi connectivity index (χ3v) is 3.27. The van der Waals surface area contributed by atoms with Gasteiger partial charge in [0.1, 0.15) is 0 Å². The molecule has 0 bridgehead atoms.